The van der Waals surface area contributed by atoms with Gasteiger partial charge < -0.3 is 4.57 Å². The van der Waals surface area contributed by atoms with Crippen molar-refractivity contribution in [3.05, 3.63) is 30.1 Å². The van der Waals surface area contributed by atoms with Crippen LogP contribution >= 0.6 is 0 Å². The molecule has 0 bridgehead atoms. The summed E-state index contributed by atoms with van der Waals surface area (Å²) in [4.78, 5) is 3.81. The lowest BCUT2D eigenvalue weighted by Crippen LogP contribution is -2.16. The lowest BCUT2D eigenvalue weighted by Gasteiger charge is -2.07. The summed E-state index contributed by atoms with van der Waals surface area (Å²) in [6.45, 7) is -1.10. The van der Waals surface area contributed by atoms with Crippen LogP contribution < -0.4 is 0 Å². The van der Waals surface area contributed by atoms with Gasteiger partial charge in [0, 0.05) is 0 Å². The number of hydrogen-bond donors (Lipinski definition) is 0. The fourth-order valence-corrected chi connectivity index (χ4v) is 1.50. The van der Waals surface area contributed by atoms with Crippen molar-refractivity contribution < 1.29 is 13.2 Å². The highest BCUT2D eigenvalue weighted by molar-refractivity contribution is 5.81. The van der Waals surface area contributed by atoms with Crippen molar-refractivity contribution in [2.24, 2.45) is 0 Å². The summed E-state index contributed by atoms with van der Waals surface area (Å²) < 4.78 is 37.6. The van der Waals surface area contributed by atoms with Crippen molar-refractivity contribution in [1.29, 1.82) is 5.26 Å². The Balaban J connectivity index is 2.55. The second-order valence-electron chi connectivity index (χ2n) is 3.27. The first-order chi connectivity index (χ1) is 7.51. The molecule has 82 valence electrons. The van der Waals surface area contributed by atoms with Gasteiger partial charge >= 0.3 is 6.18 Å². The lowest BCUT2D eigenvalue weighted by atomic mass is 10.2. The Kier molecular flexibility index (Phi) is 2.31. The smallest absolute Gasteiger partial charge is 0.321 e. The summed E-state index contributed by atoms with van der Waals surface area (Å²) in [6.07, 6.45) is -3.20. The van der Waals surface area contributed by atoms with Gasteiger partial charge in [-0.1, -0.05) is 6.07 Å². The van der Waals surface area contributed by atoms with Gasteiger partial charge in [-0.2, -0.15) is 18.4 Å². The Morgan fingerprint density at radius 1 is 1.38 bits per heavy atom. The standard InChI is InChI=1S/C10H6F3N3/c11-10(12,13)5-16-6-15-9-7(4-14)2-1-3-8(9)16/h1-3,6H,5H2. The maximum Gasteiger partial charge on any atom is 0.406 e. The monoisotopic (exact) mass is 225 g/mol. The Hall–Kier alpha value is -2.03. The molecule has 0 aliphatic carbocycles. The first-order valence-electron chi connectivity index (χ1n) is 4.42. The number of nitrogens with zero attached hydrogens (tertiary/aromatic N) is 3. The fraction of sp³-hybridized carbons (Fsp3) is 0.200. The predicted octanol–water partition coefficient (Wildman–Crippen LogP) is 2.47. The van der Waals surface area contributed by atoms with E-state index in [0.717, 1.165) is 10.9 Å². The van der Waals surface area contributed by atoms with Crippen LogP contribution in [0.3, 0.4) is 0 Å². The minimum Gasteiger partial charge on any atom is -0.321 e. The maximum atomic E-state index is 12.2. The molecule has 0 amide bonds. The van der Waals surface area contributed by atoms with E-state index < -0.39 is 12.7 Å². The van der Waals surface area contributed by atoms with Gasteiger partial charge in [0.2, 0.25) is 0 Å². The number of halogens is 3. The number of para-hydroxylation sites is 1. The number of alkyl halides is 3. The molecule has 16 heavy (non-hydrogen) atoms. The molecule has 0 unspecified atom stereocenters. The Labute approximate surface area is 88.7 Å². The number of hydrogen-bond acceptors (Lipinski definition) is 2. The third-order valence-corrected chi connectivity index (χ3v) is 2.12. The summed E-state index contributed by atoms with van der Waals surface area (Å²) in [7, 11) is 0. The number of rotatable bonds is 1. The average molecular weight is 225 g/mol. The van der Waals surface area contributed by atoms with Gasteiger partial charge in [0.15, 0.2) is 0 Å². The van der Waals surface area contributed by atoms with E-state index in [1.165, 1.54) is 18.2 Å². The molecule has 6 heteroatoms. The molecule has 2 rings (SSSR count). The normalized spacial score (nSPS) is 11.6. The average Bonchev–Trinajstić information content (AvgIpc) is 2.59. The molecule has 0 aliphatic rings. The molecule has 0 radical (unpaired) electrons. The van der Waals surface area contributed by atoms with Crippen LogP contribution in [0.2, 0.25) is 0 Å². The van der Waals surface area contributed by atoms with Crippen LogP contribution in [0.4, 0.5) is 13.2 Å². The molecule has 1 heterocycles. The Bertz CT molecular complexity index is 563. The first-order valence-corrected chi connectivity index (χ1v) is 4.42. The summed E-state index contributed by atoms with van der Waals surface area (Å²) in [5.41, 5.74) is 0.893. The summed E-state index contributed by atoms with van der Waals surface area (Å²) in [5.74, 6) is 0. The lowest BCUT2D eigenvalue weighted by molar-refractivity contribution is -0.139. The van der Waals surface area contributed by atoms with Crippen molar-refractivity contribution in [2.75, 3.05) is 0 Å². The highest BCUT2D eigenvalue weighted by atomic mass is 19.4. The van der Waals surface area contributed by atoms with Crippen LogP contribution in [0.5, 0.6) is 0 Å². The van der Waals surface area contributed by atoms with Crippen LogP contribution in [-0.2, 0) is 6.54 Å². The molecule has 0 fully saturated rings. The molecule has 2 aromatic rings. The quantitative estimate of drug-likeness (QED) is 0.748. The van der Waals surface area contributed by atoms with Crippen molar-refractivity contribution in [2.45, 2.75) is 12.7 Å². The van der Waals surface area contributed by atoms with Crippen LogP contribution in [0, 0.1) is 11.3 Å². The highest BCUT2D eigenvalue weighted by Gasteiger charge is 2.28. The number of benzene rings is 1. The minimum absolute atomic E-state index is 0.276. The molecule has 1 aromatic heterocycles. The Morgan fingerprint density at radius 3 is 2.75 bits per heavy atom. The van der Waals surface area contributed by atoms with Crippen molar-refractivity contribution in [1.82, 2.24) is 9.55 Å². The maximum absolute atomic E-state index is 12.2. The van der Waals surface area contributed by atoms with E-state index in [4.69, 9.17) is 5.26 Å². The van der Waals surface area contributed by atoms with E-state index in [1.807, 2.05) is 6.07 Å². The van der Waals surface area contributed by atoms with Crippen LogP contribution in [0.1, 0.15) is 5.56 Å². The van der Waals surface area contributed by atoms with Gasteiger partial charge in [-0.15, -0.1) is 0 Å². The van der Waals surface area contributed by atoms with Gasteiger partial charge in [-0.3, -0.25) is 0 Å². The molecule has 0 aliphatic heterocycles. The van der Waals surface area contributed by atoms with Gasteiger partial charge in [0.1, 0.15) is 18.1 Å². The summed E-state index contributed by atoms with van der Waals surface area (Å²) in [5, 5.41) is 8.76. The third-order valence-electron chi connectivity index (χ3n) is 2.12. The van der Waals surface area contributed by atoms with Gasteiger partial charge in [0.05, 0.1) is 17.4 Å². The molecule has 0 saturated carbocycles. The van der Waals surface area contributed by atoms with E-state index in [1.54, 1.807) is 0 Å². The SMILES string of the molecule is N#Cc1cccc2c1ncn2CC(F)(F)F. The fourth-order valence-electron chi connectivity index (χ4n) is 1.50. The van der Waals surface area contributed by atoms with E-state index >= 15 is 0 Å². The molecule has 0 N–H and O–H groups in total. The molecule has 0 atom stereocenters. The van der Waals surface area contributed by atoms with Gasteiger partial charge in [-0.25, -0.2) is 4.98 Å². The van der Waals surface area contributed by atoms with Crippen LogP contribution in [0.25, 0.3) is 11.0 Å². The van der Waals surface area contributed by atoms with Gasteiger partial charge in [0.25, 0.3) is 0 Å². The molecule has 3 nitrogen and oxygen atoms in total. The van der Waals surface area contributed by atoms with E-state index in [0.29, 0.717) is 11.0 Å². The second-order valence-corrected chi connectivity index (χ2v) is 3.27. The summed E-state index contributed by atoms with van der Waals surface area (Å²) >= 11 is 0. The van der Waals surface area contributed by atoms with Crippen molar-refractivity contribution >= 4 is 11.0 Å². The van der Waals surface area contributed by atoms with E-state index in [-0.39, 0.29) is 5.56 Å². The minimum atomic E-state index is -4.30. The molecule has 1 aromatic carbocycles. The zero-order chi connectivity index (χ0) is 11.8. The molecule has 0 spiro atoms. The topological polar surface area (TPSA) is 41.6 Å². The van der Waals surface area contributed by atoms with E-state index in [9.17, 15) is 13.2 Å². The number of aromatic nitrogens is 2. The second kappa shape index (κ2) is 3.52. The highest BCUT2D eigenvalue weighted by Crippen LogP contribution is 2.22. The first kappa shape index (κ1) is 10.5. The largest absolute Gasteiger partial charge is 0.406 e. The number of fused-ring (bicyclic) bond motifs is 1. The molecular formula is C10H6F3N3. The van der Waals surface area contributed by atoms with Crippen LogP contribution in [0.15, 0.2) is 24.5 Å². The number of nitriles is 1. The summed E-state index contributed by atoms with van der Waals surface area (Å²) in [6, 6.07) is 6.46. The zero-order valence-corrected chi connectivity index (χ0v) is 7.99. The van der Waals surface area contributed by atoms with Crippen molar-refractivity contribution in [3.8, 4) is 6.07 Å². The van der Waals surface area contributed by atoms with Crippen LogP contribution in [-0.4, -0.2) is 15.7 Å². The third kappa shape index (κ3) is 1.84. The van der Waals surface area contributed by atoms with Crippen molar-refractivity contribution in [3.63, 3.8) is 0 Å². The predicted molar refractivity (Wildman–Crippen MR) is 50.5 cm³/mol. The molecular weight excluding hydrogens is 219 g/mol. The van der Waals surface area contributed by atoms with E-state index in [2.05, 4.69) is 4.98 Å². The zero-order valence-electron chi connectivity index (χ0n) is 7.99. The van der Waals surface area contributed by atoms with Gasteiger partial charge in [-0.05, 0) is 12.1 Å². The molecule has 0 saturated heterocycles. The Morgan fingerprint density at radius 2 is 2.12 bits per heavy atom. The number of imidazole rings is 1.